The molecule has 0 aliphatic heterocycles. The van der Waals surface area contributed by atoms with Crippen LogP contribution in [0.3, 0.4) is 0 Å². The van der Waals surface area contributed by atoms with Gasteiger partial charge in [0.2, 0.25) is 0 Å². The third-order valence-corrected chi connectivity index (χ3v) is 0.801. The molecule has 1 aromatic rings. The molecule has 0 spiro atoms. The molecule has 0 saturated carbocycles. The molecule has 0 amide bonds. The molecule has 9 heavy (non-hydrogen) atoms. The first-order chi connectivity index (χ1) is 3.93. The maximum atomic E-state index is 8.13. The second-order valence-electron chi connectivity index (χ2n) is 1.37. The predicted molar refractivity (Wildman–Crippen MR) is 43.3 cm³/mol. The molecule has 0 fully saturated rings. The van der Waals surface area contributed by atoms with Crippen LogP contribution in [0.4, 0.5) is 0 Å². The summed E-state index contributed by atoms with van der Waals surface area (Å²) in [5, 5.41) is 8.13. The van der Waals surface area contributed by atoms with E-state index in [1.807, 2.05) is 6.07 Å². The summed E-state index contributed by atoms with van der Waals surface area (Å²) in [6.45, 7) is 0. The lowest BCUT2D eigenvalue weighted by Crippen LogP contribution is -1.81. The van der Waals surface area contributed by atoms with E-state index >= 15 is 0 Å². The van der Waals surface area contributed by atoms with Gasteiger partial charge in [0.25, 0.3) is 0 Å². The van der Waals surface area contributed by atoms with Crippen molar-refractivity contribution in [2.45, 2.75) is 6.42 Å². The Kier molecular flexibility index (Phi) is 4.05. The Balaban J connectivity index is 0.000000640. The summed E-state index contributed by atoms with van der Waals surface area (Å²) >= 11 is 0. The summed E-state index contributed by atoms with van der Waals surface area (Å²) < 4.78 is 0. The van der Waals surface area contributed by atoms with Crippen molar-refractivity contribution in [2.75, 3.05) is 0 Å². The number of imidazole rings is 1. The molecule has 1 aromatic heterocycles. The molecule has 0 radical (unpaired) electrons. The van der Waals surface area contributed by atoms with Crippen molar-refractivity contribution in [1.82, 2.24) is 9.97 Å². The highest BCUT2D eigenvalue weighted by atomic mass is 127. The van der Waals surface area contributed by atoms with Crippen LogP contribution in [0.2, 0.25) is 0 Å². The average Bonchev–Trinajstić information content (AvgIpc) is 2.19. The highest BCUT2D eigenvalue weighted by Gasteiger charge is 1.87. The van der Waals surface area contributed by atoms with Crippen LogP contribution in [0.25, 0.3) is 0 Å². The number of nitrogens with zero attached hydrogens (tertiary/aromatic N) is 2. The van der Waals surface area contributed by atoms with Gasteiger partial charge in [0.15, 0.2) is 0 Å². The first-order valence-electron chi connectivity index (χ1n) is 2.28. The molecular formula is C5H6IN3. The number of rotatable bonds is 1. The lowest BCUT2D eigenvalue weighted by atomic mass is 10.5. The number of aromatic amines is 1. The zero-order valence-corrected chi connectivity index (χ0v) is 6.99. The molecule has 3 nitrogen and oxygen atoms in total. The Hall–Kier alpha value is -0.570. The Bertz CT molecular complexity index is 186. The van der Waals surface area contributed by atoms with E-state index in [1.54, 1.807) is 12.4 Å². The molecule has 1 rings (SSSR count). The molecule has 1 heterocycles. The molecule has 1 N–H and O–H groups in total. The Morgan fingerprint density at radius 1 is 1.78 bits per heavy atom. The van der Waals surface area contributed by atoms with Gasteiger partial charge in [-0.1, -0.05) is 0 Å². The lowest BCUT2D eigenvalue weighted by Gasteiger charge is -1.77. The summed E-state index contributed by atoms with van der Waals surface area (Å²) in [5.74, 6) is 0.729. The smallest absolute Gasteiger partial charge is 0.120 e. The van der Waals surface area contributed by atoms with Crippen molar-refractivity contribution < 1.29 is 0 Å². The predicted octanol–water partition coefficient (Wildman–Crippen LogP) is 1.09. The van der Waals surface area contributed by atoms with Crippen LogP contribution in [-0.4, -0.2) is 9.97 Å². The molecule has 0 aliphatic rings. The molecule has 0 unspecified atom stereocenters. The number of H-pyrrole nitrogens is 1. The van der Waals surface area contributed by atoms with Gasteiger partial charge in [-0.2, -0.15) is 5.26 Å². The molecule has 48 valence electrons. The monoisotopic (exact) mass is 235 g/mol. The minimum absolute atomic E-state index is 0. The van der Waals surface area contributed by atoms with Gasteiger partial charge in [-0.25, -0.2) is 4.98 Å². The van der Waals surface area contributed by atoms with Gasteiger partial charge >= 0.3 is 0 Å². The van der Waals surface area contributed by atoms with Crippen LogP contribution in [-0.2, 0) is 6.42 Å². The Labute approximate surface area is 70.1 Å². The highest BCUT2D eigenvalue weighted by molar-refractivity contribution is 14.0. The van der Waals surface area contributed by atoms with Gasteiger partial charge in [-0.3, -0.25) is 0 Å². The summed E-state index contributed by atoms with van der Waals surface area (Å²) in [4.78, 5) is 6.63. The normalized spacial score (nSPS) is 7.44. The van der Waals surface area contributed by atoms with Crippen molar-refractivity contribution in [2.24, 2.45) is 0 Å². The fourth-order valence-corrected chi connectivity index (χ4v) is 0.470. The van der Waals surface area contributed by atoms with Crippen molar-refractivity contribution in [3.05, 3.63) is 18.2 Å². The van der Waals surface area contributed by atoms with Gasteiger partial charge in [0.1, 0.15) is 5.82 Å². The second kappa shape index (κ2) is 4.32. The maximum Gasteiger partial charge on any atom is 0.120 e. The maximum absolute atomic E-state index is 8.13. The van der Waals surface area contributed by atoms with Crippen molar-refractivity contribution >= 4 is 24.0 Å². The minimum atomic E-state index is 0. The molecule has 0 bridgehead atoms. The summed E-state index contributed by atoms with van der Waals surface area (Å²) in [5.41, 5.74) is 0. The van der Waals surface area contributed by atoms with E-state index < -0.39 is 0 Å². The van der Waals surface area contributed by atoms with Crippen molar-refractivity contribution in [3.63, 3.8) is 0 Å². The Morgan fingerprint density at radius 3 is 3.00 bits per heavy atom. The molecule has 0 saturated heterocycles. The number of nitrogens with one attached hydrogen (secondary N) is 1. The minimum Gasteiger partial charge on any atom is -0.348 e. The van der Waals surface area contributed by atoms with Crippen molar-refractivity contribution in [3.8, 4) is 6.07 Å². The van der Waals surface area contributed by atoms with Gasteiger partial charge < -0.3 is 4.98 Å². The van der Waals surface area contributed by atoms with E-state index in [0.717, 1.165) is 5.82 Å². The van der Waals surface area contributed by atoms with Crippen molar-refractivity contribution in [1.29, 1.82) is 5.26 Å². The van der Waals surface area contributed by atoms with E-state index in [0.29, 0.717) is 6.42 Å². The standard InChI is InChI=1S/C5H5N3.HI/c6-2-1-5-7-3-4-8-5;/h3-4H,1H2,(H,7,8);1H. The van der Waals surface area contributed by atoms with Crippen LogP contribution >= 0.6 is 24.0 Å². The van der Waals surface area contributed by atoms with Gasteiger partial charge in [-0.05, 0) is 0 Å². The molecule has 0 aromatic carbocycles. The first-order valence-corrected chi connectivity index (χ1v) is 2.28. The van der Waals surface area contributed by atoms with Crippen LogP contribution in [0, 0.1) is 11.3 Å². The number of halogens is 1. The largest absolute Gasteiger partial charge is 0.348 e. The summed E-state index contributed by atoms with van der Waals surface area (Å²) in [6.07, 6.45) is 3.70. The fourth-order valence-electron chi connectivity index (χ4n) is 0.470. The number of hydrogen-bond acceptors (Lipinski definition) is 2. The fraction of sp³-hybridized carbons (Fsp3) is 0.200. The summed E-state index contributed by atoms with van der Waals surface area (Å²) in [6, 6.07) is 1.98. The molecule has 0 aliphatic carbocycles. The quantitative estimate of drug-likeness (QED) is 0.741. The molecular weight excluding hydrogens is 229 g/mol. The van der Waals surface area contributed by atoms with Crippen LogP contribution in [0.1, 0.15) is 5.82 Å². The Morgan fingerprint density at radius 2 is 2.56 bits per heavy atom. The summed E-state index contributed by atoms with van der Waals surface area (Å²) in [7, 11) is 0. The molecule has 0 atom stereocenters. The third kappa shape index (κ3) is 2.46. The zero-order valence-electron chi connectivity index (χ0n) is 4.66. The highest BCUT2D eigenvalue weighted by Crippen LogP contribution is 1.85. The van der Waals surface area contributed by atoms with Gasteiger partial charge in [0, 0.05) is 12.4 Å². The van der Waals surface area contributed by atoms with E-state index in [9.17, 15) is 0 Å². The van der Waals surface area contributed by atoms with E-state index in [1.165, 1.54) is 0 Å². The first kappa shape index (κ1) is 8.43. The van der Waals surface area contributed by atoms with E-state index in [2.05, 4.69) is 9.97 Å². The van der Waals surface area contributed by atoms with Crippen LogP contribution in [0.5, 0.6) is 0 Å². The average molecular weight is 235 g/mol. The van der Waals surface area contributed by atoms with Crippen LogP contribution < -0.4 is 0 Å². The zero-order chi connectivity index (χ0) is 5.82. The van der Waals surface area contributed by atoms with Crippen LogP contribution in [0.15, 0.2) is 12.4 Å². The topological polar surface area (TPSA) is 52.5 Å². The van der Waals surface area contributed by atoms with Gasteiger partial charge in [0.05, 0.1) is 12.5 Å². The number of hydrogen-bond donors (Lipinski definition) is 1. The number of nitriles is 1. The molecule has 4 heteroatoms. The van der Waals surface area contributed by atoms with Gasteiger partial charge in [-0.15, -0.1) is 24.0 Å². The van der Waals surface area contributed by atoms with E-state index in [-0.39, 0.29) is 24.0 Å². The number of aromatic nitrogens is 2. The third-order valence-electron chi connectivity index (χ3n) is 0.801. The lowest BCUT2D eigenvalue weighted by molar-refractivity contribution is 1.06. The van der Waals surface area contributed by atoms with E-state index in [4.69, 9.17) is 5.26 Å². The second-order valence-corrected chi connectivity index (χ2v) is 1.37. The SMILES string of the molecule is I.N#CCc1ncc[nH]1.